The number of aliphatic hydroxyl groups is 1. The topological polar surface area (TPSA) is 49.3 Å². The van der Waals surface area contributed by atoms with E-state index in [9.17, 15) is 9.90 Å². The van der Waals surface area contributed by atoms with Crippen molar-refractivity contribution in [1.82, 2.24) is 5.32 Å². The molecule has 0 fully saturated rings. The predicted octanol–water partition coefficient (Wildman–Crippen LogP) is 1.91. The summed E-state index contributed by atoms with van der Waals surface area (Å²) >= 11 is 0. The van der Waals surface area contributed by atoms with E-state index < -0.39 is 5.60 Å². The average molecular weight is 247 g/mol. The molecule has 0 spiro atoms. The minimum Gasteiger partial charge on any atom is -0.384 e. The molecule has 1 amide bonds. The number of rotatable bonds is 3. The van der Waals surface area contributed by atoms with E-state index in [0.29, 0.717) is 0 Å². The molecule has 1 atom stereocenters. The zero-order valence-corrected chi connectivity index (χ0v) is 11.1. The SMILES string of the molecule is CC(=O)NC[C@](C)(O)c1ccc2c(c1)CCCC2. The standard InChI is InChI=1S/C15H21NO2/c1-11(17)16-10-15(2,18)14-8-7-12-5-3-4-6-13(12)9-14/h7-9,18H,3-6,10H2,1-2H3,(H,16,17)/t15-/m0/s1. The highest BCUT2D eigenvalue weighted by Gasteiger charge is 2.24. The van der Waals surface area contributed by atoms with Crippen LogP contribution in [0.25, 0.3) is 0 Å². The van der Waals surface area contributed by atoms with Gasteiger partial charge in [-0.2, -0.15) is 0 Å². The Bertz CT molecular complexity index is 452. The number of amides is 1. The largest absolute Gasteiger partial charge is 0.384 e. The zero-order valence-electron chi connectivity index (χ0n) is 11.1. The molecular formula is C15H21NO2. The van der Waals surface area contributed by atoms with Crippen molar-refractivity contribution in [1.29, 1.82) is 0 Å². The Labute approximate surface area is 108 Å². The Hall–Kier alpha value is -1.35. The lowest BCUT2D eigenvalue weighted by Crippen LogP contribution is -2.37. The molecule has 0 saturated carbocycles. The van der Waals surface area contributed by atoms with Gasteiger partial charge in [-0.05, 0) is 49.3 Å². The first-order valence-electron chi connectivity index (χ1n) is 6.58. The Kier molecular flexibility index (Phi) is 3.71. The molecule has 1 aliphatic rings. The molecule has 1 aromatic rings. The van der Waals surface area contributed by atoms with Crippen LogP contribution in [0.15, 0.2) is 18.2 Å². The second kappa shape index (κ2) is 5.11. The third-order valence-electron chi connectivity index (χ3n) is 3.65. The van der Waals surface area contributed by atoms with Crippen molar-refractivity contribution in [2.45, 2.75) is 45.1 Å². The average Bonchev–Trinajstić information content (AvgIpc) is 2.36. The predicted molar refractivity (Wildman–Crippen MR) is 71.3 cm³/mol. The molecule has 98 valence electrons. The van der Waals surface area contributed by atoms with Crippen LogP contribution in [-0.4, -0.2) is 17.6 Å². The van der Waals surface area contributed by atoms with Gasteiger partial charge >= 0.3 is 0 Å². The van der Waals surface area contributed by atoms with Crippen LogP contribution in [-0.2, 0) is 23.2 Å². The first kappa shape index (κ1) is 13.1. The highest BCUT2D eigenvalue weighted by atomic mass is 16.3. The van der Waals surface area contributed by atoms with E-state index >= 15 is 0 Å². The van der Waals surface area contributed by atoms with Gasteiger partial charge in [0.2, 0.25) is 5.91 Å². The summed E-state index contributed by atoms with van der Waals surface area (Å²) in [6.07, 6.45) is 4.72. The summed E-state index contributed by atoms with van der Waals surface area (Å²) in [5.74, 6) is -0.117. The molecule has 1 aliphatic carbocycles. The summed E-state index contributed by atoms with van der Waals surface area (Å²) in [4.78, 5) is 10.9. The lowest BCUT2D eigenvalue weighted by atomic mass is 9.86. The van der Waals surface area contributed by atoms with Gasteiger partial charge in [-0.1, -0.05) is 18.2 Å². The number of hydrogen-bond donors (Lipinski definition) is 2. The lowest BCUT2D eigenvalue weighted by Gasteiger charge is -2.26. The fraction of sp³-hybridized carbons (Fsp3) is 0.533. The summed E-state index contributed by atoms with van der Waals surface area (Å²) in [6.45, 7) is 3.46. The van der Waals surface area contributed by atoms with Crippen molar-refractivity contribution in [3.8, 4) is 0 Å². The van der Waals surface area contributed by atoms with Gasteiger partial charge in [-0.3, -0.25) is 4.79 Å². The van der Waals surface area contributed by atoms with Gasteiger partial charge in [0.15, 0.2) is 0 Å². The molecule has 0 heterocycles. The maximum Gasteiger partial charge on any atom is 0.216 e. The van der Waals surface area contributed by atoms with Gasteiger partial charge in [0, 0.05) is 6.92 Å². The van der Waals surface area contributed by atoms with E-state index in [0.717, 1.165) is 18.4 Å². The van der Waals surface area contributed by atoms with E-state index in [1.165, 1.54) is 30.9 Å². The Morgan fingerprint density at radius 3 is 2.67 bits per heavy atom. The minimum atomic E-state index is -1.00. The van der Waals surface area contributed by atoms with E-state index in [4.69, 9.17) is 0 Å². The molecule has 0 aliphatic heterocycles. The number of carbonyl (C=O) groups is 1. The van der Waals surface area contributed by atoms with Gasteiger partial charge in [0.1, 0.15) is 5.60 Å². The van der Waals surface area contributed by atoms with Crippen LogP contribution in [0, 0.1) is 0 Å². The van der Waals surface area contributed by atoms with E-state index in [2.05, 4.69) is 17.4 Å². The Balaban J connectivity index is 2.19. The van der Waals surface area contributed by atoms with Crippen molar-refractivity contribution in [3.05, 3.63) is 34.9 Å². The van der Waals surface area contributed by atoms with E-state index in [1.807, 2.05) is 6.07 Å². The number of aryl methyl sites for hydroxylation is 2. The second-order valence-electron chi connectivity index (χ2n) is 5.37. The fourth-order valence-electron chi connectivity index (χ4n) is 2.47. The van der Waals surface area contributed by atoms with Gasteiger partial charge in [-0.25, -0.2) is 0 Å². The molecular weight excluding hydrogens is 226 g/mol. The Morgan fingerprint density at radius 2 is 2.00 bits per heavy atom. The van der Waals surface area contributed by atoms with E-state index in [1.54, 1.807) is 6.92 Å². The van der Waals surface area contributed by atoms with Crippen LogP contribution in [0.5, 0.6) is 0 Å². The quantitative estimate of drug-likeness (QED) is 0.857. The van der Waals surface area contributed by atoms with Crippen molar-refractivity contribution >= 4 is 5.91 Å². The number of hydrogen-bond acceptors (Lipinski definition) is 2. The first-order valence-corrected chi connectivity index (χ1v) is 6.58. The molecule has 18 heavy (non-hydrogen) atoms. The maximum atomic E-state index is 10.9. The third kappa shape index (κ3) is 2.91. The minimum absolute atomic E-state index is 0.117. The van der Waals surface area contributed by atoms with E-state index in [-0.39, 0.29) is 12.5 Å². The molecule has 0 saturated heterocycles. The smallest absolute Gasteiger partial charge is 0.216 e. The molecule has 0 aromatic heterocycles. The van der Waals surface area contributed by atoms with Crippen molar-refractivity contribution in [2.75, 3.05) is 6.54 Å². The summed E-state index contributed by atoms with van der Waals surface area (Å²) < 4.78 is 0. The highest BCUT2D eigenvalue weighted by Crippen LogP contribution is 2.27. The summed E-state index contributed by atoms with van der Waals surface area (Å²) in [5, 5.41) is 13.1. The molecule has 0 bridgehead atoms. The van der Waals surface area contributed by atoms with Crippen LogP contribution in [0.4, 0.5) is 0 Å². The van der Waals surface area contributed by atoms with Crippen LogP contribution in [0.1, 0.15) is 43.4 Å². The third-order valence-corrected chi connectivity index (χ3v) is 3.65. The maximum absolute atomic E-state index is 10.9. The molecule has 0 radical (unpaired) electrons. The van der Waals surface area contributed by atoms with Crippen molar-refractivity contribution < 1.29 is 9.90 Å². The molecule has 0 unspecified atom stereocenters. The molecule has 2 N–H and O–H groups in total. The normalized spacial score (nSPS) is 17.7. The lowest BCUT2D eigenvalue weighted by molar-refractivity contribution is -0.120. The van der Waals surface area contributed by atoms with Gasteiger partial charge < -0.3 is 10.4 Å². The van der Waals surface area contributed by atoms with Crippen molar-refractivity contribution in [2.24, 2.45) is 0 Å². The number of nitrogens with one attached hydrogen (secondary N) is 1. The van der Waals surface area contributed by atoms with Gasteiger partial charge in [0.05, 0.1) is 6.54 Å². The zero-order chi connectivity index (χ0) is 13.2. The fourth-order valence-corrected chi connectivity index (χ4v) is 2.47. The monoisotopic (exact) mass is 247 g/mol. The van der Waals surface area contributed by atoms with Crippen molar-refractivity contribution in [3.63, 3.8) is 0 Å². The van der Waals surface area contributed by atoms with Crippen LogP contribution in [0.3, 0.4) is 0 Å². The molecule has 3 heteroatoms. The highest BCUT2D eigenvalue weighted by molar-refractivity contribution is 5.72. The second-order valence-corrected chi connectivity index (χ2v) is 5.37. The summed E-state index contributed by atoms with van der Waals surface area (Å²) in [6, 6.07) is 6.19. The molecule has 3 nitrogen and oxygen atoms in total. The van der Waals surface area contributed by atoms with Crippen LogP contribution >= 0.6 is 0 Å². The van der Waals surface area contributed by atoms with Gasteiger partial charge in [-0.15, -0.1) is 0 Å². The molecule has 1 aromatic carbocycles. The number of carbonyl (C=O) groups excluding carboxylic acids is 1. The van der Waals surface area contributed by atoms with Gasteiger partial charge in [0.25, 0.3) is 0 Å². The summed E-state index contributed by atoms with van der Waals surface area (Å²) in [7, 11) is 0. The number of benzene rings is 1. The number of fused-ring (bicyclic) bond motifs is 1. The van der Waals surface area contributed by atoms with Crippen LogP contribution in [0.2, 0.25) is 0 Å². The first-order chi connectivity index (χ1) is 8.49. The summed E-state index contributed by atoms with van der Waals surface area (Å²) in [5.41, 5.74) is 2.64. The molecule has 2 rings (SSSR count). The Morgan fingerprint density at radius 1 is 1.33 bits per heavy atom. The van der Waals surface area contributed by atoms with Crippen LogP contribution < -0.4 is 5.32 Å².